The number of amides is 1. The van der Waals surface area contributed by atoms with Crippen LogP contribution in [0.25, 0.3) is 5.76 Å². The van der Waals surface area contributed by atoms with Crippen molar-refractivity contribution in [2.45, 2.75) is 52.4 Å². The fraction of sp³-hybridized carbons (Fsp3) is 0.407. The molecule has 0 saturated carbocycles. The monoisotopic (exact) mass is 465 g/mol. The second-order valence-corrected chi connectivity index (χ2v) is 8.87. The molecule has 180 valence electrons. The summed E-state index contributed by atoms with van der Waals surface area (Å²) in [4.78, 5) is 27.7. The molecule has 0 spiro atoms. The number of carbonyl (C=O) groups excluding carboxylic acids is 2. The minimum atomic E-state index is -0.727. The first-order valence-corrected chi connectivity index (χ1v) is 11.7. The highest BCUT2D eigenvalue weighted by atomic mass is 16.5. The second-order valence-electron chi connectivity index (χ2n) is 8.87. The number of Topliss-reactive ketones (excluding diaryl/α,β-unsaturated/α-hetero) is 1. The Morgan fingerprint density at radius 3 is 2.59 bits per heavy atom. The van der Waals surface area contributed by atoms with Crippen molar-refractivity contribution in [1.29, 1.82) is 0 Å². The lowest BCUT2D eigenvalue weighted by molar-refractivity contribution is -0.140. The fourth-order valence-electron chi connectivity index (χ4n) is 4.48. The summed E-state index contributed by atoms with van der Waals surface area (Å²) in [7, 11) is 0. The average Bonchev–Trinajstić information content (AvgIpc) is 3.30. The van der Waals surface area contributed by atoms with E-state index in [9.17, 15) is 14.7 Å². The molecule has 1 fully saturated rings. The third kappa shape index (κ3) is 4.66. The third-order valence-corrected chi connectivity index (χ3v) is 6.00. The predicted octanol–water partition coefficient (Wildman–Crippen LogP) is 4.26. The fourth-order valence-corrected chi connectivity index (χ4v) is 4.48. The number of nitrogens with zero attached hydrogens (tertiary/aromatic N) is 1. The molecule has 1 saturated heterocycles. The summed E-state index contributed by atoms with van der Waals surface area (Å²) in [5.74, 6) is -0.0682. The van der Waals surface area contributed by atoms with Gasteiger partial charge in [-0.2, -0.15) is 0 Å². The van der Waals surface area contributed by atoms with Gasteiger partial charge in [0.1, 0.15) is 23.4 Å². The summed E-state index contributed by atoms with van der Waals surface area (Å²) >= 11 is 0. The van der Waals surface area contributed by atoms with Crippen LogP contribution in [-0.4, -0.2) is 53.7 Å². The molecule has 0 bridgehead atoms. The number of carbonyl (C=O) groups is 2. The number of hydrogen-bond donors (Lipinski definition) is 1. The van der Waals surface area contributed by atoms with Gasteiger partial charge in [-0.05, 0) is 69.2 Å². The lowest BCUT2D eigenvalue weighted by Crippen LogP contribution is -2.33. The number of benzene rings is 2. The van der Waals surface area contributed by atoms with Gasteiger partial charge < -0.3 is 24.2 Å². The molecular weight excluding hydrogens is 434 g/mol. The number of fused-ring (bicyclic) bond motifs is 1. The zero-order valence-corrected chi connectivity index (χ0v) is 20.0. The van der Waals surface area contributed by atoms with E-state index in [-0.39, 0.29) is 36.7 Å². The summed E-state index contributed by atoms with van der Waals surface area (Å²) < 4.78 is 16.9. The Bertz CT molecular complexity index is 1100. The van der Waals surface area contributed by atoms with Crippen LogP contribution in [0.4, 0.5) is 0 Å². The number of rotatable bonds is 8. The van der Waals surface area contributed by atoms with Gasteiger partial charge in [-0.3, -0.25) is 9.59 Å². The van der Waals surface area contributed by atoms with Crippen LogP contribution in [-0.2, 0) is 20.7 Å². The van der Waals surface area contributed by atoms with Gasteiger partial charge in [0, 0.05) is 18.5 Å². The highest BCUT2D eigenvalue weighted by molar-refractivity contribution is 6.46. The number of ketones is 1. The Kier molecular flexibility index (Phi) is 6.93. The molecule has 4 rings (SSSR count). The number of ether oxygens (including phenoxy) is 3. The summed E-state index contributed by atoms with van der Waals surface area (Å²) in [6.07, 6.45) is 0.777. The maximum Gasteiger partial charge on any atom is 0.295 e. The minimum absolute atomic E-state index is 0.00299. The standard InChI is InChI=1S/C27H31NO6/c1-5-32-21-9-6-18(7-10-21)24-23(26(30)27(31)28(24)12-13-33-16(2)3)25(29)19-8-11-22-20(15-19)14-17(4)34-22/h6-11,15-17,24,29H,5,12-14H2,1-4H3/b25-23-. The van der Waals surface area contributed by atoms with Gasteiger partial charge in [0.15, 0.2) is 0 Å². The molecule has 2 aliphatic rings. The van der Waals surface area contributed by atoms with Crippen LogP contribution in [0.15, 0.2) is 48.0 Å². The molecule has 2 atom stereocenters. The van der Waals surface area contributed by atoms with Crippen molar-refractivity contribution in [3.63, 3.8) is 0 Å². The molecule has 2 unspecified atom stereocenters. The van der Waals surface area contributed by atoms with Gasteiger partial charge in [-0.1, -0.05) is 12.1 Å². The summed E-state index contributed by atoms with van der Waals surface area (Å²) in [6, 6.07) is 11.9. The largest absolute Gasteiger partial charge is 0.507 e. The molecule has 34 heavy (non-hydrogen) atoms. The highest BCUT2D eigenvalue weighted by Crippen LogP contribution is 2.40. The molecule has 2 heterocycles. The lowest BCUT2D eigenvalue weighted by Gasteiger charge is -2.26. The van der Waals surface area contributed by atoms with Crippen LogP contribution in [0, 0.1) is 0 Å². The van der Waals surface area contributed by atoms with E-state index >= 15 is 0 Å². The van der Waals surface area contributed by atoms with Crippen LogP contribution in [0.1, 0.15) is 50.4 Å². The van der Waals surface area contributed by atoms with Crippen molar-refractivity contribution in [3.05, 3.63) is 64.7 Å². The number of hydrogen-bond acceptors (Lipinski definition) is 6. The Morgan fingerprint density at radius 2 is 1.91 bits per heavy atom. The zero-order chi connectivity index (χ0) is 24.4. The Balaban J connectivity index is 1.76. The van der Waals surface area contributed by atoms with Crippen molar-refractivity contribution < 1.29 is 28.9 Å². The molecule has 7 nitrogen and oxygen atoms in total. The van der Waals surface area contributed by atoms with E-state index in [1.807, 2.05) is 45.9 Å². The SMILES string of the molecule is CCOc1ccc(C2/C(=C(/O)c3ccc4c(c3)CC(C)O4)C(=O)C(=O)N2CCOC(C)C)cc1. The van der Waals surface area contributed by atoms with Gasteiger partial charge in [0.25, 0.3) is 11.7 Å². The van der Waals surface area contributed by atoms with E-state index < -0.39 is 17.7 Å². The molecule has 1 amide bonds. The van der Waals surface area contributed by atoms with E-state index in [1.54, 1.807) is 24.3 Å². The molecule has 2 aliphatic heterocycles. The Hall–Kier alpha value is -3.32. The maximum absolute atomic E-state index is 13.2. The minimum Gasteiger partial charge on any atom is -0.507 e. The first-order chi connectivity index (χ1) is 16.3. The van der Waals surface area contributed by atoms with Crippen LogP contribution in [0.5, 0.6) is 11.5 Å². The van der Waals surface area contributed by atoms with Gasteiger partial charge in [0.05, 0.1) is 30.9 Å². The molecule has 0 radical (unpaired) electrons. The van der Waals surface area contributed by atoms with Crippen molar-refractivity contribution in [3.8, 4) is 11.5 Å². The number of aliphatic hydroxyl groups is 1. The molecule has 2 aromatic rings. The van der Waals surface area contributed by atoms with E-state index in [4.69, 9.17) is 14.2 Å². The summed E-state index contributed by atoms with van der Waals surface area (Å²) in [6.45, 7) is 8.76. The maximum atomic E-state index is 13.2. The van der Waals surface area contributed by atoms with Crippen molar-refractivity contribution in [1.82, 2.24) is 4.90 Å². The zero-order valence-electron chi connectivity index (χ0n) is 20.0. The van der Waals surface area contributed by atoms with Crippen molar-refractivity contribution >= 4 is 17.4 Å². The quantitative estimate of drug-likeness (QED) is 0.356. The number of likely N-dealkylation sites (tertiary alicyclic amines) is 1. The van der Waals surface area contributed by atoms with E-state index in [1.165, 1.54) is 4.90 Å². The van der Waals surface area contributed by atoms with Crippen LogP contribution < -0.4 is 9.47 Å². The first kappa shape index (κ1) is 23.8. The Labute approximate surface area is 199 Å². The average molecular weight is 466 g/mol. The van der Waals surface area contributed by atoms with Crippen LogP contribution in [0.2, 0.25) is 0 Å². The van der Waals surface area contributed by atoms with E-state index in [0.29, 0.717) is 23.5 Å². The molecule has 0 aliphatic carbocycles. The smallest absolute Gasteiger partial charge is 0.295 e. The normalized spacial score (nSPS) is 21.1. The van der Waals surface area contributed by atoms with E-state index in [2.05, 4.69) is 0 Å². The second kappa shape index (κ2) is 9.89. The summed E-state index contributed by atoms with van der Waals surface area (Å²) in [5.41, 5.74) is 2.25. The third-order valence-electron chi connectivity index (χ3n) is 6.00. The lowest BCUT2D eigenvalue weighted by atomic mass is 9.94. The predicted molar refractivity (Wildman–Crippen MR) is 128 cm³/mol. The number of aliphatic hydroxyl groups excluding tert-OH is 1. The van der Waals surface area contributed by atoms with Gasteiger partial charge in [-0.25, -0.2) is 0 Å². The molecule has 1 N–H and O–H groups in total. The van der Waals surface area contributed by atoms with Crippen LogP contribution >= 0.6 is 0 Å². The molecule has 7 heteroatoms. The Morgan fingerprint density at radius 1 is 1.18 bits per heavy atom. The highest BCUT2D eigenvalue weighted by Gasteiger charge is 2.46. The first-order valence-electron chi connectivity index (χ1n) is 11.7. The van der Waals surface area contributed by atoms with Gasteiger partial charge in [-0.15, -0.1) is 0 Å². The van der Waals surface area contributed by atoms with Crippen LogP contribution in [0.3, 0.4) is 0 Å². The van der Waals surface area contributed by atoms with E-state index in [0.717, 1.165) is 17.7 Å². The van der Waals surface area contributed by atoms with Crippen molar-refractivity contribution in [2.24, 2.45) is 0 Å². The molecule has 0 aromatic heterocycles. The summed E-state index contributed by atoms with van der Waals surface area (Å²) in [5, 5.41) is 11.3. The van der Waals surface area contributed by atoms with Gasteiger partial charge in [0.2, 0.25) is 0 Å². The van der Waals surface area contributed by atoms with Gasteiger partial charge >= 0.3 is 0 Å². The molecular formula is C27H31NO6. The van der Waals surface area contributed by atoms with Crippen molar-refractivity contribution in [2.75, 3.05) is 19.8 Å². The molecule has 2 aromatic carbocycles. The topological polar surface area (TPSA) is 85.3 Å².